The highest BCUT2D eigenvalue weighted by atomic mass is 16.3. The predicted octanol–water partition coefficient (Wildman–Crippen LogP) is 0.784. The summed E-state index contributed by atoms with van der Waals surface area (Å²) in [4.78, 5) is 27.3. The molecule has 0 aromatic heterocycles. The fourth-order valence-electron chi connectivity index (χ4n) is 2.30. The van der Waals surface area contributed by atoms with Gasteiger partial charge in [0.1, 0.15) is 0 Å². The van der Waals surface area contributed by atoms with Crippen molar-refractivity contribution >= 4 is 17.5 Å². The van der Waals surface area contributed by atoms with E-state index in [9.17, 15) is 9.59 Å². The number of nitrogens with zero attached hydrogens (tertiary/aromatic N) is 2. The fraction of sp³-hybridized carbons (Fsp3) is 0.500. The minimum absolute atomic E-state index is 0.0606. The van der Waals surface area contributed by atoms with Crippen LogP contribution in [0.15, 0.2) is 24.3 Å². The molecule has 0 radical (unpaired) electrons. The van der Waals surface area contributed by atoms with Crippen molar-refractivity contribution in [2.45, 2.75) is 18.9 Å². The van der Waals surface area contributed by atoms with E-state index in [0.717, 1.165) is 12.8 Å². The first kappa shape index (κ1) is 16.5. The number of anilines is 1. The molecular formula is C16H23N3O3. The van der Waals surface area contributed by atoms with E-state index >= 15 is 0 Å². The van der Waals surface area contributed by atoms with Gasteiger partial charge in [-0.15, -0.1) is 0 Å². The quantitative estimate of drug-likeness (QED) is 0.781. The van der Waals surface area contributed by atoms with E-state index in [2.05, 4.69) is 5.32 Å². The van der Waals surface area contributed by atoms with Crippen LogP contribution in [0.3, 0.4) is 0 Å². The van der Waals surface area contributed by atoms with Gasteiger partial charge in [-0.25, -0.2) is 0 Å². The number of nitrogens with one attached hydrogen (secondary N) is 1. The molecule has 2 rings (SSSR count). The second kappa shape index (κ2) is 7.38. The van der Waals surface area contributed by atoms with Gasteiger partial charge in [0.2, 0.25) is 5.91 Å². The molecule has 120 valence electrons. The highest BCUT2D eigenvalue weighted by Crippen LogP contribution is 2.26. The summed E-state index contributed by atoms with van der Waals surface area (Å²) in [6.45, 7) is 0.864. The summed E-state index contributed by atoms with van der Waals surface area (Å²) in [7, 11) is 3.40. The second-order valence-electron chi connectivity index (χ2n) is 5.75. The lowest BCUT2D eigenvalue weighted by Crippen LogP contribution is -2.36. The third kappa shape index (κ3) is 4.54. The van der Waals surface area contributed by atoms with Crippen LogP contribution in [-0.4, -0.2) is 66.6 Å². The minimum Gasteiger partial charge on any atom is -0.395 e. The summed E-state index contributed by atoms with van der Waals surface area (Å²) in [5.41, 5.74) is 1.25. The van der Waals surface area contributed by atoms with Crippen LogP contribution < -0.4 is 5.32 Å². The molecule has 0 unspecified atom stereocenters. The number of aliphatic hydroxyl groups excluding tert-OH is 1. The van der Waals surface area contributed by atoms with Gasteiger partial charge in [-0.2, -0.15) is 0 Å². The average molecular weight is 305 g/mol. The predicted molar refractivity (Wildman–Crippen MR) is 84.8 cm³/mol. The topological polar surface area (TPSA) is 72.9 Å². The SMILES string of the molecule is CN(C)C(=O)c1ccc(NC(=O)CN(CCO)C2CC2)cc1. The molecule has 1 fully saturated rings. The van der Waals surface area contributed by atoms with Gasteiger partial charge in [0.25, 0.3) is 5.91 Å². The number of carbonyl (C=O) groups is 2. The maximum atomic E-state index is 12.0. The average Bonchev–Trinajstić information content (AvgIpc) is 3.31. The van der Waals surface area contributed by atoms with Crippen molar-refractivity contribution in [1.29, 1.82) is 0 Å². The molecule has 22 heavy (non-hydrogen) atoms. The van der Waals surface area contributed by atoms with Crippen LogP contribution in [0.5, 0.6) is 0 Å². The zero-order chi connectivity index (χ0) is 16.1. The van der Waals surface area contributed by atoms with Crippen LogP contribution in [0.4, 0.5) is 5.69 Å². The summed E-state index contributed by atoms with van der Waals surface area (Å²) in [6, 6.07) is 7.27. The Morgan fingerprint density at radius 2 is 1.86 bits per heavy atom. The number of amides is 2. The Hall–Kier alpha value is -1.92. The van der Waals surface area contributed by atoms with E-state index in [1.165, 1.54) is 4.90 Å². The summed E-state index contributed by atoms with van der Waals surface area (Å²) in [5, 5.41) is 11.9. The van der Waals surface area contributed by atoms with Crippen molar-refractivity contribution in [2.75, 3.05) is 39.1 Å². The Kier molecular flexibility index (Phi) is 5.51. The highest BCUT2D eigenvalue weighted by molar-refractivity contribution is 5.96. The van der Waals surface area contributed by atoms with Crippen molar-refractivity contribution in [3.05, 3.63) is 29.8 Å². The van der Waals surface area contributed by atoms with Crippen LogP contribution in [-0.2, 0) is 4.79 Å². The number of hydrogen-bond donors (Lipinski definition) is 2. The van der Waals surface area contributed by atoms with E-state index in [-0.39, 0.29) is 25.0 Å². The third-order valence-electron chi connectivity index (χ3n) is 3.62. The standard InChI is InChI=1S/C16H23N3O3/c1-18(2)16(22)12-3-5-13(6-4-12)17-15(21)11-19(9-10-20)14-7-8-14/h3-6,14,20H,7-11H2,1-2H3,(H,17,21). The van der Waals surface area contributed by atoms with Gasteiger partial charge < -0.3 is 15.3 Å². The van der Waals surface area contributed by atoms with Crippen LogP contribution in [0.2, 0.25) is 0 Å². The van der Waals surface area contributed by atoms with Crippen molar-refractivity contribution in [1.82, 2.24) is 9.80 Å². The summed E-state index contributed by atoms with van der Waals surface area (Å²) < 4.78 is 0. The molecule has 2 amide bonds. The molecule has 0 spiro atoms. The van der Waals surface area contributed by atoms with Gasteiger partial charge in [0.05, 0.1) is 13.2 Å². The van der Waals surface area contributed by atoms with Crippen molar-refractivity contribution in [2.24, 2.45) is 0 Å². The lowest BCUT2D eigenvalue weighted by molar-refractivity contribution is -0.117. The van der Waals surface area contributed by atoms with Gasteiger partial charge in [0.15, 0.2) is 0 Å². The largest absolute Gasteiger partial charge is 0.395 e. The first-order valence-electron chi connectivity index (χ1n) is 7.47. The van der Waals surface area contributed by atoms with E-state index < -0.39 is 0 Å². The molecule has 1 aliphatic rings. The lowest BCUT2D eigenvalue weighted by atomic mass is 10.2. The molecule has 0 saturated heterocycles. The van der Waals surface area contributed by atoms with Gasteiger partial charge >= 0.3 is 0 Å². The molecule has 0 bridgehead atoms. The number of rotatable bonds is 7. The zero-order valence-electron chi connectivity index (χ0n) is 13.1. The molecule has 0 heterocycles. The first-order valence-corrected chi connectivity index (χ1v) is 7.47. The van der Waals surface area contributed by atoms with Crippen molar-refractivity contribution < 1.29 is 14.7 Å². The van der Waals surface area contributed by atoms with E-state index in [0.29, 0.717) is 23.8 Å². The Balaban J connectivity index is 1.89. The van der Waals surface area contributed by atoms with Crippen molar-refractivity contribution in [3.8, 4) is 0 Å². The molecule has 0 aliphatic heterocycles. The van der Waals surface area contributed by atoms with Crippen LogP contribution in [0, 0.1) is 0 Å². The Morgan fingerprint density at radius 3 is 2.36 bits per heavy atom. The molecule has 1 aliphatic carbocycles. The molecule has 2 N–H and O–H groups in total. The smallest absolute Gasteiger partial charge is 0.253 e. The maximum Gasteiger partial charge on any atom is 0.253 e. The van der Waals surface area contributed by atoms with Crippen LogP contribution in [0.25, 0.3) is 0 Å². The third-order valence-corrected chi connectivity index (χ3v) is 3.62. The normalized spacial score (nSPS) is 14.0. The fourth-order valence-corrected chi connectivity index (χ4v) is 2.30. The van der Waals surface area contributed by atoms with Gasteiger partial charge in [0, 0.05) is 37.9 Å². The number of hydrogen-bond acceptors (Lipinski definition) is 4. The zero-order valence-corrected chi connectivity index (χ0v) is 13.1. The number of aliphatic hydroxyl groups is 1. The minimum atomic E-state index is -0.105. The molecule has 6 nitrogen and oxygen atoms in total. The van der Waals surface area contributed by atoms with E-state index in [1.807, 2.05) is 4.90 Å². The van der Waals surface area contributed by atoms with Gasteiger partial charge in [-0.1, -0.05) is 0 Å². The Bertz CT molecular complexity index is 524. The molecule has 0 atom stereocenters. The van der Waals surface area contributed by atoms with E-state index in [1.54, 1.807) is 38.4 Å². The van der Waals surface area contributed by atoms with Crippen molar-refractivity contribution in [3.63, 3.8) is 0 Å². The second-order valence-corrected chi connectivity index (χ2v) is 5.75. The monoisotopic (exact) mass is 305 g/mol. The maximum absolute atomic E-state index is 12.0. The van der Waals surface area contributed by atoms with Gasteiger partial charge in [-0.05, 0) is 37.1 Å². The first-order chi connectivity index (χ1) is 10.5. The lowest BCUT2D eigenvalue weighted by Gasteiger charge is -2.20. The molecule has 6 heteroatoms. The molecule has 1 saturated carbocycles. The van der Waals surface area contributed by atoms with Crippen LogP contribution in [0.1, 0.15) is 23.2 Å². The number of benzene rings is 1. The highest BCUT2D eigenvalue weighted by Gasteiger charge is 2.29. The summed E-state index contributed by atoms with van der Waals surface area (Å²) in [5.74, 6) is -0.173. The molecule has 1 aromatic rings. The molecular weight excluding hydrogens is 282 g/mol. The Morgan fingerprint density at radius 1 is 1.23 bits per heavy atom. The Labute approximate surface area is 130 Å². The molecule has 1 aromatic carbocycles. The summed E-state index contributed by atoms with van der Waals surface area (Å²) >= 11 is 0. The van der Waals surface area contributed by atoms with Crippen LogP contribution >= 0.6 is 0 Å². The summed E-state index contributed by atoms with van der Waals surface area (Å²) in [6.07, 6.45) is 2.18. The van der Waals surface area contributed by atoms with E-state index in [4.69, 9.17) is 5.11 Å². The van der Waals surface area contributed by atoms with Gasteiger partial charge in [-0.3, -0.25) is 14.5 Å². The number of carbonyl (C=O) groups excluding carboxylic acids is 2.